The number of benzene rings is 1. The normalized spacial score (nSPS) is 22.8. The molecule has 0 bridgehead atoms. The first-order chi connectivity index (χ1) is 7.66. The molecule has 1 aromatic carbocycles. The van der Waals surface area contributed by atoms with Gasteiger partial charge in [0.15, 0.2) is 0 Å². The second-order valence-corrected chi connectivity index (χ2v) is 6.16. The quantitative estimate of drug-likeness (QED) is 0.862. The topological polar surface area (TPSA) is 26.0 Å². The zero-order valence-electron chi connectivity index (χ0n) is 10.1. The van der Waals surface area contributed by atoms with Gasteiger partial charge in [-0.15, -0.1) is 11.8 Å². The van der Waals surface area contributed by atoms with Gasteiger partial charge in [0.2, 0.25) is 0 Å². The Labute approximate surface area is 103 Å². The van der Waals surface area contributed by atoms with E-state index in [1.165, 1.54) is 17.1 Å². The van der Waals surface area contributed by atoms with Crippen molar-refractivity contribution in [2.75, 3.05) is 5.75 Å². The van der Waals surface area contributed by atoms with E-state index in [-0.39, 0.29) is 0 Å². The van der Waals surface area contributed by atoms with E-state index < -0.39 is 0 Å². The molecule has 2 heteroatoms. The van der Waals surface area contributed by atoms with E-state index in [9.17, 15) is 0 Å². The molecule has 0 aliphatic carbocycles. The summed E-state index contributed by atoms with van der Waals surface area (Å²) < 4.78 is 0. The number of hydrogen-bond donors (Lipinski definition) is 1. The summed E-state index contributed by atoms with van der Waals surface area (Å²) in [5, 5.41) is 0. The van der Waals surface area contributed by atoms with Crippen LogP contribution in [0, 0.1) is 5.92 Å². The second-order valence-electron chi connectivity index (χ2n) is 5.10. The maximum atomic E-state index is 5.86. The third-order valence-corrected chi connectivity index (χ3v) is 4.51. The van der Waals surface area contributed by atoms with Crippen molar-refractivity contribution in [3.05, 3.63) is 29.8 Å². The van der Waals surface area contributed by atoms with Crippen molar-refractivity contribution in [2.45, 2.75) is 43.5 Å². The van der Waals surface area contributed by atoms with Crippen LogP contribution < -0.4 is 5.73 Å². The van der Waals surface area contributed by atoms with Gasteiger partial charge in [-0.2, -0.15) is 0 Å². The van der Waals surface area contributed by atoms with Gasteiger partial charge in [-0.05, 0) is 43.2 Å². The smallest absolute Gasteiger partial charge is 0.0107 e. The van der Waals surface area contributed by atoms with Crippen LogP contribution in [-0.4, -0.2) is 11.8 Å². The largest absolute Gasteiger partial charge is 0.328 e. The number of rotatable bonds is 4. The van der Waals surface area contributed by atoms with Crippen molar-refractivity contribution in [1.82, 2.24) is 0 Å². The molecule has 88 valence electrons. The summed E-state index contributed by atoms with van der Waals surface area (Å²) in [5.41, 5.74) is 7.42. The van der Waals surface area contributed by atoms with Gasteiger partial charge in [0.1, 0.15) is 0 Å². The van der Waals surface area contributed by atoms with E-state index in [1.54, 1.807) is 5.56 Å². The fourth-order valence-corrected chi connectivity index (χ4v) is 3.91. The van der Waals surface area contributed by atoms with E-state index in [4.69, 9.17) is 5.73 Å². The molecule has 3 atom stereocenters. The highest BCUT2D eigenvalue weighted by atomic mass is 32.2. The molecule has 0 saturated heterocycles. The molecule has 1 aliphatic heterocycles. The highest BCUT2D eigenvalue weighted by molar-refractivity contribution is 7.99. The minimum absolute atomic E-state index is 0.333. The number of fused-ring (bicyclic) bond motifs is 1. The van der Waals surface area contributed by atoms with Gasteiger partial charge in [0.05, 0.1) is 0 Å². The van der Waals surface area contributed by atoms with Crippen LogP contribution in [-0.2, 0) is 0 Å². The summed E-state index contributed by atoms with van der Waals surface area (Å²) in [6.07, 6.45) is 2.43. The molecule has 2 rings (SSSR count). The van der Waals surface area contributed by atoms with E-state index in [0.29, 0.717) is 6.04 Å². The Kier molecular flexibility index (Phi) is 3.93. The molecule has 16 heavy (non-hydrogen) atoms. The Morgan fingerprint density at radius 1 is 1.38 bits per heavy atom. The van der Waals surface area contributed by atoms with Crippen LogP contribution in [0.4, 0.5) is 0 Å². The monoisotopic (exact) mass is 235 g/mol. The number of thioether (sulfide) groups is 1. The molecule has 1 aliphatic rings. The predicted octanol–water partition coefficient (Wildman–Crippen LogP) is 3.64. The molecular formula is C14H21NS. The zero-order valence-corrected chi connectivity index (χ0v) is 11.0. The van der Waals surface area contributed by atoms with Gasteiger partial charge in [-0.25, -0.2) is 0 Å². The number of nitrogens with two attached hydrogens (primary N) is 1. The highest BCUT2D eigenvalue weighted by Crippen LogP contribution is 2.42. The minimum atomic E-state index is 0.333. The van der Waals surface area contributed by atoms with Crippen molar-refractivity contribution in [2.24, 2.45) is 11.7 Å². The first-order valence-electron chi connectivity index (χ1n) is 6.14. The Hall–Kier alpha value is -0.470. The average molecular weight is 235 g/mol. The van der Waals surface area contributed by atoms with Crippen molar-refractivity contribution >= 4 is 11.8 Å². The molecule has 0 spiro atoms. The van der Waals surface area contributed by atoms with Crippen molar-refractivity contribution in [1.29, 1.82) is 0 Å². The first kappa shape index (κ1) is 12.0. The molecule has 0 aromatic heterocycles. The Bertz CT molecular complexity index is 348. The lowest BCUT2D eigenvalue weighted by Gasteiger charge is -2.18. The van der Waals surface area contributed by atoms with E-state index >= 15 is 0 Å². The van der Waals surface area contributed by atoms with Crippen molar-refractivity contribution in [3.63, 3.8) is 0 Å². The fourth-order valence-electron chi connectivity index (χ4n) is 2.64. The molecule has 0 amide bonds. The summed E-state index contributed by atoms with van der Waals surface area (Å²) in [6.45, 7) is 4.43. The van der Waals surface area contributed by atoms with E-state index in [2.05, 4.69) is 38.1 Å². The van der Waals surface area contributed by atoms with Gasteiger partial charge >= 0.3 is 0 Å². The summed E-state index contributed by atoms with van der Waals surface area (Å²) >= 11 is 2.01. The third-order valence-electron chi connectivity index (χ3n) is 3.26. The van der Waals surface area contributed by atoms with Crippen LogP contribution in [0.25, 0.3) is 0 Å². The van der Waals surface area contributed by atoms with Gasteiger partial charge in [-0.1, -0.05) is 25.1 Å². The van der Waals surface area contributed by atoms with Gasteiger partial charge in [-0.3, -0.25) is 0 Å². The van der Waals surface area contributed by atoms with Crippen LogP contribution in [0.5, 0.6) is 0 Å². The summed E-state index contributed by atoms with van der Waals surface area (Å²) in [6, 6.07) is 9.17. The van der Waals surface area contributed by atoms with E-state index in [1.807, 2.05) is 11.8 Å². The van der Waals surface area contributed by atoms with Crippen LogP contribution >= 0.6 is 11.8 Å². The summed E-state index contributed by atoms with van der Waals surface area (Å²) in [5.74, 6) is 2.73. The number of hydrogen-bond acceptors (Lipinski definition) is 2. The molecular weight excluding hydrogens is 214 g/mol. The minimum Gasteiger partial charge on any atom is -0.328 e. The second kappa shape index (κ2) is 5.24. The maximum absolute atomic E-state index is 5.86. The summed E-state index contributed by atoms with van der Waals surface area (Å²) in [4.78, 5) is 1.49. The molecule has 0 saturated carbocycles. The van der Waals surface area contributed by atoms with Gasteiger partial charge in [0.25, 0.3) is 0 Å². The molecule has 3 unspecified atom stereocenters. The average Bonchev–Trinajstić information content (AvgIpc) is 2.61. The fraction of sp³-hybridized carbons (Fsp3) is 0.571. The van der Waals surface area contributed by atoms with E-state index in [0.717, 1.165) is 18.3 Å². The molecule has 0 fully saturated rings. The molecule has 1 aromatic rings. The van der Waals surface area contributed by atoms with Crippen LogP contribution in [0.2, 0.25) is 0 Å². The Morgan fingerprint density at radius 3 is 2.88 bits per heavy atom. The maximum Gasteiger partial charge on any atom is 0.0107 e. The lowest BCUT2D eigenvalue weighted by atomic mass is 9.88. The van der Waals surface area contributed by atoms with Crippen molar-refractivity contribution < 1.29 is 0 Å². The SMILES string of the molecule is CC(N)CC(C)CC1CSc2ccccc21. The predicted molar refractivity (Wildman–Crippen MR) is 72.0 cm³/mol. The Morgan fingerprint density at radius 2 is 2.12 bits per heavy atom. The molecule has 1 heterocycles. The van der Waals surface area contributed by atoms with Gasteiger partial charge in [0, 0.05) is 16.7 Å². The molecule has 1 nitrogen and oxygen atoms in total. The van der Waals surface area contributed by atoms with Crippen LogP contribution in [0.3, 0.4) is 0 Å². The lowest BCUT2D eigenvalue weighted by molar-refractivity contribution is 0.425. The van der Waals surface area contributed by atoms with Crippen LogP contribution in [0.15, 0.2) is 29.2 Å². The lowest BCUT2D eigenvalue weighted by Crippen LogP contribution is -2.19. The molecule has 0 radical (unpaired) electrons. The Balaban J connectivity index is 1.98. The summed E-state index contributed by atoms with van der Waals surface area (Å²) in [7, 11) is 0. The van der Waals surface area contributed by atoms with Gasteiger partial charge < -0.3 is 5.73 Å². The highest BCUT2D eigenvalue weighted by Gasteiger charge is 2.24. The third kappa shape index (κ3) is 2.80. The molecule has 2 N–H and O–H groups in total. The zero-order chi connectivity index (χ0) is 11.5. The first-order valence-corrected chi connectivity index (χ1v) is 7.12. The van der Waals surface area contributed by atoms with Crippen molar-refractivity contribution in [3.8, 4) is 0 Å². The standard InChI is InChI=1S/C14H21NS/c1-10(7-11(2)15)8-12-9-16-14-6-4-3-5-13(12)14/h3-6,10-12H,7-9,15H2,1-2H3. The van der Waals surface area contributed by atoms with Crippen LogP contribution in [0.1, 0.15) is 38.2 Å².